The third-order valence-electron chi connectivity index (χ3n) is 5.75. The summed E-state index contributed by atoms with van der Waals surface area (Å²) in [5.74, 6) is 0.00657. The Kier molecular flexibility index (Phi) is 5.71. The zero-order chi connectivity index (χ0) is 20.2. The molecule has 4 rings (SSSR count). The smallest absolute Gasteiger partial charge is 0.325 e. The third kappa shape index (κ3) is 4.38. The maximum atomic E-state index is 12.7. The summed E-state index contributed by atoms with van der Waals surface area (Å²) >= 11 is 0. The maximum absolute atomic E-state index is 12.7. The molecule has 1 atom stereocenters. The number of amides is 3. The number of carbonyl (C=O) groups is 3. The minimum atomic E-state index is -0.512. The molecule has 6 nitrogen and oxygen atoms in total. The van der Waals surface area contributed by atoms with Gasteiger partial charge >= 0.3 is 6.03 Å². The van der Waals surface area contributed by atoms with Gasteiger partial charge in [0.1, 0.15) is 6.04 Å². The Morgan fingerprint density at radius 2 is 1.55 bits per heavy atom. The van der Waals surface area contributed by atoms with Crippen LogP contribution in [0.5, 0.6) is 0 Å². The van der Waals surface area contributed by atoms with Crippen molar-refractivity contribution in [2.75, 3.05) is 19.8 Å². The van der Waals surface area contributed by atoms with E-state index in [0.29, 0.717) is 19.5 Å². The zero-order valence-corrected chi connectivity index (χ0v) is 16.3. The number of nitrogens with zero attached hydrogens (tertiary/aromatic N) is 2. The zero-order valence-electron chi connectivity index (χ0n) is 16.3. The lowest BCUT2D eigenvalue weighted by atomic mass is 9.89. The average molecular weight is 391 g/mol. The van der Waals surface area contributed by atoms with Crippen LogP contribution in [-0.2, 0) is 11.2 Å². The lowest BCUT2D eigenvalue weighted by Crippen LogP contribution is -2.46. The van der Waals surface area contributed by atoms with Gasteiger partial charge in [-0.3, -0.25) is 14.5 Å². The van der Waals surface area contributed by atoms with Gasteiger partial charge in [0.2, 0.25) is 0 Å². The van der Waals surface area contributed by atoms with Crippen molar-refractivity contribution in [2.45, 2.75) is 25.3 Å². The molecule has 29 heavy (non-hydrogen) atoms. The van der Waals surface area contributed by atoms with Crippen molar-refractivity contribution in [3.05, 3.63) is 71.8 Å². The van der Waals surface area contributed by atoms with Crippen molar-refractivity contribution in [1.29, 1.82) is 0 Å². The highest BCUT2D eigenvalue weighted by atomic mass is 16.2. The van der Waals surface area contributed by atoms with Crippen molar-refractivity contribution in [2.24, 2.45) is 5.92 Å². The average Bonchev–Trinajstić information content (AvgIpc) is 3.02. The van der Waals surface area contributed by atoms with Crippen LogP contribution in [0.2, 0.25) is 0 Å². The third-order valence-corrected chi connectivity index (χ3v) is 5.75. The van der Waals surface area contributed by atoms with Gasteiger partial charge in [-0.25, -0.2) is 9.69 Å². The highest BCUT2D eigenvalue weighted by Gasteiger charge is 2.39. The van der Waals surface area contributed by atoms with E-state index in [4.69, 9.17) is 0 Å². The number of imide groups is 1. The number of benzene rings is 2. The fourth-order valence-electron chi connectivity index (χ4n) is 4.07. The Morgan fingerprint density at radius 1 is 0.931 bits per heavy atom. The first-order chi connectivity index (χ1) is 14.1. The quantitative estimate of drug-likeness (QED) is 0.607. The summed E-state index contributed by atoms with van der Waals surface area (Å²) in [5, 5.41) is 2.80. The van der Waals surface area contributed by atoms with Gasteiger partial charge in [-0.2, -0.15) is 0 Å². The van der Waals surface area contributed by atoms with Gasteiger partial charge in [0.15, 0.2) is 5.78 Å². The summed E-state index contributed by atoms with van der Waals surface area (Å²) in [4.78, 5) is 41.0. The number of carbonyl (C=O) groups excluding carboxylic acids is 3. The molecule has 6 heteroatoms. The number of ketones is 1. The van der Waals surface area contributed by atoms with Crippen LogP contribution in [0.25, 0.3) is 0 Å². The molecular formula is C23H25N3O3. The number of nitrogens with one attached hydrogen (secondary N) is 1. The Morgan fingerprint density at radius 3 is 2.21 bits per heavy atom. The summed E-state index contributed by atoms with van der Waals surface area (Å²) in [5.41, 5.74) is 1.78. The second kappa shape index (κ2) is 8.57. The van der Waals surface area contributed by atoms with Crippen LogP contribution in [-0.4, -0.2) is 53.3 Å². The van der Waals surface area contributed by atoms with Gasteiger partial charge in [0, 0.05) is 31.0 Å². The molecule has 0 unspecified atom stereocenters. The largest absolute Gasteiger partial charge is 0.325 e. The fourth-order valence-corrected chi connectivity index (χ4v) is 4.07. The predicted octanol–water partition coefficient (Wildman–Crippen LogP) is 2.70. The summed E-state index contributed by atoms with van der Waals surface area (Å²) < 4.78 is 0. The number of urea groups is 1. The van der Waals surface area contributed by atoms with Crippen LogP contribution in [0.15, 0.2) is 60.7 Å². The molecule has 0 radical (unpaired) electrons. The van der Waals surface area contributed by atoms with Crippen LogP contribution >= 0.6 is 0 Å². The molecule has 2 saturated heterocycles. The van der Waals surface area contributed by atoms with Crippen molar-refractivity contribution >= 4 is 17.7 Å². The molecule has 1 N–H and O–H groups in total. The van der Waals surface area contributed by atoms with Crippen LogP contribution in [0.3, 0.4) is 0 Å². The highest BCUT2D eigenvalue weighted by molar-refractivity contribution is 6.04. The second-order valence-electron chi connectivity index (χ2n) is 7.72. The van der Waals surface area contributed by atoms with Crippen molar-refractivity contribution in [1.82, 2.24) is 15.1 Å². The van der Waals surface area contributed by atoms with Crippen molar-refractivity contribution in [3.63, 3.8) is 0 Å². The first-order valence-corrected chi connectivity index (χ1v) is 10.1. The van der Waals surface area contributed by atoms with E-state index < -0.39 is 6.04 Å². The lowest BCUT2D eigenvalue weighted by Gasteiger charge is -2.33. The Hall–Kier alpha value is -2.99. The van der Waals surface area contributed by atoms with E-state index in [1.165, 1.54) is 4.90 Å². The summed E-state index contributed by atoms with van der Waals surface area (Å²) in [6.45, 7) is 1.68. The van der Waals surface area contributed by atoms with E-state index in [2.05, 4.69) is 10.2 Å². The van der Waals surface area contributed by atoms with Gasteiger partial charge in [-0.1, -0.05) is 60.7 Å². The monoisotopic (exact) mass is 391 g/mol. The van der Waals surface area contributed by atoms with Crippen LogP contribution in [0.1, 0.15) is 28.8 Å². The lowest BCUT2D eigenvalue weighted by molar-refractivity contribution is -0.129. The van der Waals surface area contributed by atoms with E-state index in [1.807, 2.05) is 60.7 Å². The molecular weight excluding hydrogens is 366 g/mol. The van der Waals surface area contributed by atoms with E-state index in [0.717, 1.165) is 24.0 Å². The van der Waals surface area contributed by atoms with Crippen LogP contribution < -0.4 is 5.32 Å². The summed E-state index contributed by atoms with van der Waals surface area (Å²) in [6.07, 6.45) is 1.98. The minimum absolute atomic E-state index is 0.00239. The van der Waals surface area contributed by atoms with Crippen molar-refractivity contribution < 1.29 is 14.4 Å². The number of likely N-dealkylation sites (tertiary alicyclic amines) is 1. The molecule has 0 saturated carbocycles. The molecule has 150 valence electrons. The van der Waals surface area contributed by atoms with E-state index in [-0.39, 0.29) is 30.3 Å². The molecule has 2 heterocycles. The summed E-state index contributed by atoms with van der Waals surface area (Å²) in [7, 11) is 0. The Balaban J connectivity index is 1.30. The molecule has 2 aliphatic heterocycles. The minimum Gasteiger partial charge on any atom is -0.325 e. The first-order valence-electron chi connectivity index (χ1n) is 10.1. The van der Waals surface area contributed by atoms with Crippen LogP contribution in [0, 0.1) is 5.92 Å². The SMILES string of the molecule is O=C(c1ccccc1)C1CCN(CN2C(=O)N[C@H](Cc3ccccc3)C2=O)CC1. The first kappa shape index (κ1) is 19.3. The van der Waals surface area contributed by atoms with Gasteiger partial charge in [0.25, 0.3) is 5.91 Å². The van der Waals surface area contributed by atoms with Gasteiger partial charge < -0.3 is 5.32 Å². The standard InChI is InChI=1S/C23H25N3O3/c27-21(18-9-5-2-6-10-18)19-11-13-25(14-12-19)16-26-22(28)20(24-23(26)29)15-17-7-3-1-4-8-17/h1-10,19-20H,11-16H2,(H,24,29)/t20-/m1/s1. The molecule has 0 spiro atoms. The Bertz CT molecular complexity index is 877. The van der Waals surface area contributed by atoms with E-state index in [1.54, 1.807) is 0 Å². The number of hydrogen-bond acceptors (Lipinski definition) is 4. The number of piperidine rings is 1. The van der Waals surface area contributed by atoms with Gasteiger partial charge in [-0.15, -0.1) is 0 Å². The highest BCUT2D eigenvalue weighted by Crippen LogP contribution is 2.23. The topological polar surface area (TPSA) is 69.7 Å². The van der Waals surface area contributed by atoms with Crippen LogP contribution in [0.4, 0.5) is 4.79 Å². The maximum Gasteiger partial charge on any atom is 0.325 e. The van der Waals surface area contributed by atoms with E-state index in [9.17, 15) is 14.4 Å². The molecule has 2 aliphatic rings. The number of Topliss-reactive ketones (excluding diaryl/α,β-unsaturated/α-hetero) is 1. The molecule has 0 bridgehead atoms. The van der Waals surface area contributed by atoms with Gasteiger partial charge in [0.05, 0.1) is 6.67 Å². The molecule has 0 aromatic heterocycles. The predicted molar refractivity (Wildman–Crippen MR) is 109 cm³/mol. The molecule has 2 aromatic rings. The number of hydrogen-bond donors (Lipinski definition) is 1. The van der Waals surface area contributed by atoms with Crippen molar-refractivity contribution in [3.8, 4) is 0 Å². The van der Waals surface area contributed by atoms with E-state index >= 15 is 0 Å². The summed E-state index contributed by atoms with van der Waals surface area (Å²) in [6, 6.07) is 18.2. The number of rotatable bonds is 6. The second-order valence-corrected chi connectivity index (χ2v) is 7.72. The molecule has 2 aromatic carbocycles. The molecule has 2 fully saturated rings. The normalized spacial score (nSPS) is 20.7. The fraction of sp³-hybridized carbons (Fsp3) is 0.348. The molecule has 0 aliphatic carbocycles. The molecule has 3 amide bonds. The van der Waals surface area contributed by atoms with Gasteiger partial charge in [-0.05, 0) is 18.4 Å². The Labute approximate surface area is 170 Å².